The van der Waals surface area contributed by atoms with Crippen LogP contribution >= 0.6 is 0 Å². The lowest BCUT2D eigenvalue weighted by atomic mass is 10.0. The van der Waals surface area contributed by atoms with Crippen molar-refractivity contribution in [3.63, 3.8) is 0 Å². The minimum atomic E-state index is 0.397. The van der Waals surface area contributed by atoms with Crippen LogP contribution in [0.25, 0.3) is 0 Å². The largest absolute Gasteiger partial charge is 0.497 e. The van der Waals surface area contributed by atoms with E-state index < -0.39 is 0 Å². The van der Waals surface area contributed by atoms with Gasteiger partial charge in [0.1, 0.15) is 17.3 Å². The fourth-order valence-corrected chi connectivity index (χ4v) is 2.63. The Balaban J connectivity index is 1.68. The Kier molecular flexibility index (Phi) is 4.85. The van der Waals surface area contributed by atoms with Gasteiger partial charge in [0.15, 0.2) is 5.75 Å². The highest BCUT2D eigenvalue weighted by Crippen LogP contribution is 2.25. The lowest BCUT2D eigenvalue weighted by Crippen LogP contribution is -2.20. The van der Waals surface area contributed by atoms with Crippen LogP contribution in [0.2, 0.25) is 0 Å². The van der Waals surface area contributed by atoms with Crippen molar-refractivity contribution >= 4 is 0 Å². The standard InChI is InChI=1S/C17H21N3O2/c1-21-14-6-4-7-15(9-14)22-16-11-19-17(20-12-16)13-5-2-3-8-18-10-13/h4,6-7,9,11-13,18H,2-3,5,8,10H2,1H3. The summed E-state index contributed by atoms with van der Waals surface area (Å²) in [6, 6.07) is 7.49. The summed E-state index contributed by atoms with van der Waals surface area (Å²) in [4.78, 5) is 8.95. The summed E-state index contributed by atoms with van der Waals surface area (Å²) in [5, 5.41) is 3.44. The summed E-state index contributed by atoms with van der Waals surface area (Å²) < 4.78 is 11.0. The molecule has 2 heterocycles. The number of aromatic nitrogens is 2. The van der Waals surface area contributed by atoms with Crippen LogP contribution in [0, 0.1) is 0 Å². The van der Waals surface area contributed by atoms with Crippen LogP contribution in [0.1, 0.15) is 31.0 Å². The summed E-state index contributed by atoms with van der Waals surface area (Å²) in [5.41, 5.74) is 0. The van der Waals surface area contributed by atoms with Crippen LogP contribution in [0.15, 0.2) is 36.7 Å². The van der Waals surface area contributed by atoms with E-state index in [0.717, 1.165) is 31.1 Å². The first kappa shape index (κ1) is 14.8. The van der Waals surface area contributed by atoms with Gasteiger partial charge in [-0.3, -0.25) is 0 Å². The molecule has 116 valence electrons. The molecule has 3 rings (SSSR count). The number of ether oxygens (including phenoxy) is 2. The van der Waals surface area contributed by atoms with Crippen molar-refractivity contribution in [2.24, 2.45) is 0 Å². The Morgan fingerprint density at radius 2 is 1.91 bits per heavy atom. The van der Waals surface area contributed by atoms with Crippen LogP contribution in [-0.4, -0.2) is 30.2 Å². The molecule has 0 aliphatic carbocycles. The Morgan fingerprint density at radius 3 is 2.73 bits per heavy atom. The summed E-state index contributed by atoms with van der Waals surface area (Å²) in [6.07, 6.45) is 7.08. The van der Waals surface area contributed by atoms with E-state index in [1.54, 1.807) is 19.5 Å². The third-order valence-corrected chi connectivity index (χ3v) is 3.84. The van der Waals surface area contributed by atoms with Crippen molar-refractivity contribution < 1.29 is 9.47 Å². The predicted molar refractivity (Wildman–Crippen MR) is 84.6 cm³/mol. The molecule has 0 amide bonds. The smallest absolute Gasteiger partial charge is 0.164 e. The van der Waals surface area contributed by atoms with Crippen LogP contribution in [0.3, 0.4) is 0 Å². The molecular weight excluding hydrogens is 278 g/mol. The van der Waals surface area contributed by atoms with Crippen molar-refractivity contribution in [1.29, 1.82) is 0 Å². The summed E-state index contributed by atoms with van der Waals surface area (Å²) in [7, 11) is 1.64. The normalized spacial score (nSPS) is 18.5. The van der Waals surface area contributed by atoms with Gasteiger partial charge >= 0.3 is 0 Å². The SMILES string of the molecule is COc1cccc(Oc2cnc(C3CCCCNC3)nc2)c1. The van der Waals surface area contributed by atoms with Gasteiger partial charge in [-0.05, 0) is 31.5 Å². The number of rotatable bonds is 4. The number of nitrogens with one attached hydrogen (secondary N) is 1. The maximum atomic E-state index is 5.77. The summed E-state index contributed by atoms with van der Waals surface area (Å²) in [6.45, 7) is 2.05. The minimum Gasteiger partial charge on any atom is -0.497 e. The van der Waals surface area contributed by atoms with E-state index in [-0.39, 0.29) is 0 Å². The number of hydrogen-bond donors (Lipinski definition) is 1. The zero-order valence-corrected chi connectivity index (χ0v) is 12.8. The molecule has 0 saturated carbocycles. The first-order chi connectivity index (χ1) is 10.8. The van der Waals surface area contributed by atoms with Crippen molar-refractivity contribution in [3.8, 4) is 17.2 Å². The number of hydrogen-bond acceptors (Lipinski definition) is 5. The molecule has 5 heteroatoms. The maximum Gasteiger partial charge on any atom is 0.164 e. The van der Waals surface area contributed by atoms with E-state index in [1.807, 2.05) is 24.3 Å². The van der Waals surface area contributed by atoms with Crippen LogP contribution in [0.4, 0.5) is 0 Å². The van der Waals surface area contributed by atoms with E-state index in [2.05, 4.69) is 15.3 Å². The Hall–Kier alpha value is -2.14. The fourth-order valence-electron chi connectivity index (χ4n) is 2.63. The second-order valence-corrected chi connectivity index (χ2v) is 5.45. The van der Waals surface area contributed by atoms with Crippen molar-refractivity contribution in [2.45, 2.75) is 25.2 Å². The monoisotopic (exact) mass is 299 g/mol. The number of benzene rings is 1. The minimum absolute atomic E-state index is 0.397. The molecule has 1 aliphatic rings. The first-order valence-corrected chi connectivity index (χ1v) is 7.70. The third-order valence-electron chi connectivity index (χ3n) is 3.84. The van der Waals surface area contributed by atoms with Gasteiger partial charge in [0.25, 0.3) is 0 Å². The van der Waals surface area contributed by atoms with Gasteiger partial charge in [0.2, 0.25) is 0 Å². The van der Waals surface area contributed by atoms with E-state index in [4.69, 9.17) is 9.47 Å². The topological polar surface area (TPSA) is 56.3 Å². The van der Waals surface area contributed by atoms with Crippen LogP contribution in [-0.2, 0) is 0 Å². The van der Waals surface area contributed by atoms with E-state index in [0.29, 0.717) is 17.4 Å². The number of nitrogens with zero attached hydrogens (tertiary/aromatic N) is 2. The Labute approximate surface area is 130 Å². The molecule has 1 saturated heterocycles. The van der Waals surface area contributed by atoms with Crippen molar-refractivity contribution in [3.05, 3.63) is 42.5 Å². The second kappa shape index (κ2) is 7.22. The molecule has 1 aromatic carbocycles. The van der Waals surface area contributed by atoms with Gasteiger partial charge in [-0.25, -0.2) is 9.97 Å². The zero-order valence-electron chi connectivity index (χ0n) is 12.8. The lowest BCUT2D eigenvalue weighted by Gasteiger charge is -2.13. The molecule has 2 aromatic rings. The van der Waals surface area contributed by atoms with Gasteiger partial charge in [0.05, 0.1) is 19.5 Å². The Bertz CT molecular complexity index is 593. The highest BCUT2D eigenvalue weighted by molar-refractivity contribution is 5.35. The molecule has 1 fully saturated rings. The van der Waals surface area contributed by atoms with E-state index in [1.165, 1.54) is 12.8 Å². The second-order valence-electron chi connectivity index (χ2n) is 5.45. The Morgan fingerprint density at radius 1 is 1.09 bits per heavy atom. The molecule has 22 heavy (non-hydrogen) atoms. The summed E-state index contributed by atoms with van der Waals surface area (Å²) >= 11 is 0. The van der Waals surface area contributed by atoms with E-state index in [9.17, 15) is 0 Å². The van der Waals surface area contributed by atoms with Crippen molar-refractivity contribution in [2.75, 3.05) is 20.2 Å². The predicted octanol–water partition coefficient (Wildman–Crippen LogP) is 3.13. The molecule has 5 nitrogen and oxygen atoms in total. The average Bonchev–Trinajstić information content (AvgIpc) is 2.85. The van der Waals surface area contributed by atoms with Crippen LogP contribution < -0.4 is 14.8 Å². The van der Waals surface area contributed by atoms with Gasteiger partial charge in [0, 0.05) is 18.5 Å². The molecule has 0 radical (unpaired) electrons. The highest BCUT2D eigenvalue weighted by Gasteiger charge is 2.16. The van der Waals surface area contributed by atoms with Crippen LogP contribution in [0.5, 0.6) is 17.2 Å². The molecule has 1 aliphatic heterocycles. The average molecular weight is 299 g/mol. The zero-order chi connectivity index (χ0) is 15.2. The van der Waals surface area contributed by atoms with Gasteiger partial charge in [-0.1, -0.05) is 12.5 Å². The number of methoxy groups -OCH3 is 1. The fraction of sp³-hybridized carbons (Fsp3) is 0.412. The molecule has 1 atom stereocenters. The highest BCUT2D eigenvalue weighted by atomic mass is 16.5. The molecule has 0 bridgehead atoms. The molecular formula is C17H21N3O2. The third kappa shape index (κ3) is 3.74. The van der Waals surface area contributed by atoms with Gasteiger partial charge in [-0.2, -0.15) is 0 Å². The molecule has 1 N–H and O–H groups in total. The molecule has 1 unspecified atom stereocenters. The van der Waals surface area contributed by atoms with E-state index >= 15 is 0 Å². The summed E-state index contributed by atoms with van der Waals surface area (Å²) in [5.74, 6) is 3.41. The molecule has 0 spiro atoms. The molecule has 1 aromatic heterocycles. The lowest BCUT2D eigenvalue weighted by molar-refractivity contribution is 0.408. The maximum absolute atomic E-state index is 5.77. The van der Waals surface area contributed by atoms with Crippen molar-refractivity contribution in [1.82, 2.24) is 15.3 Å². The van der Waals surface area contributed by atoms with Gasteiger partial charge in [-0.15, -0.1) is 0 Å². The quantitative estimate of drug-likeness (QED) is 0.940. The first-order valence-electron chi connectivity index (χ1n) is 7.70. The van der Waals surface area contributed by atoms with Gasteiger partial charge < -0.3 is 14.8 Å².